The van der Waals surface area contributed by atoms with Crippen LogP contribution in [0.1, 0.15) is 44.9 Å². The van der Waals surface area contributed by atoms with E-state index in [4.69, 9.17) is 4.74 Å². The van der Waals surface area contributed by atoms with Gasteiger partial charge in [0.1, 0.15) is 6.10 Å². The van der Waals surface area contributed by atoms with Crippen molar-refractivity contribution in [2.24, 2.45) is 17.8 Å². The van der Waals surface area contributed by atoms with E-state index in [1.807, 2.05) is 0 Å². The maximum atomic E-state index is 11.0. The van der Waals surface area contributed by atoms with Crippen LogP contribution in [0, 0.1) is 17.8 Å². The van der Waals surface area contributed by atoms with Gasteiger partial charge in [-0.2, -0.15) is 0 Å². The summed E-state index contributed by atoms with van der Waals surface area (Å²) < 4.78 is 5.23. The number of hydrogen-bond donors (Lipinski definition) is 1. The average molecular weight is 224 g/mol. The molecule has 3 rings (SSSR count). The van der Waals surface area contributed by atoms with Crippen molar-refractivity contribution >= 4 is 5.97 Å². The van der Waals surface area contributed by atoms with Gasteiger partial charge in [0, 0.05) is 6.42 Å². The number of carbonyl (C=O) groups is 1. The Labute approximate surface area is 96.2 Å². The van der Waals surface area contributed by atoms with Gasteiger partial charge >= 0.3 is 5.97 Å². The number of rotatable bonds is 3. The lowest BCUT2D eigenvalue weighted by Crippen LogP contribution is -2.25. The van der Waals surface area contributed by atoms with E-state index < -0.39 is 0 Å². The summed E-state index contributed by atoms with van der Waals surface area (Å²) in [5.41, 5.74) is 0. The first-order valence-electron chi connectivity index (χ1n) is 6.60. The summed E-state index contributed by atoms with van der Waals surface area (Å²) in [6.07, 6.45) is 7.33. The van der Waals surface area contributed by atoms with Crippen LogP contribution in [0.4, 0.5) is 0 Å². The standard InChI is InChI=1S/C13H20O3/c14-12-7-8-5-9(11(12)6-8)1-2-10-3-4-13(15)16-10/h8-12,14H,1-7H2. The Kier molecular flexibility index (Phi) is 2.66. The van der Waals surface area contributed by atoms with Gasteiger partial charge in [-0.15, -0.1) is 0 Å². The van der Waals surface area contributed by atoms with Crippen LogP contribution in [0.15, 0.2) is 0 Å². The van der Waals surface area contributed by atoms with E-state index in [1.54, 1.807) is 0 Å². The lowest BCUT2D eigenvalue weighted by Gasteiger charge is -2.26. The molecule has 5 unspecified atom stereocenters. The Morgan fingerprint density at radius 2 is 2.12 bits per heavy atom. The molecular formula is C13H20O3. The third-order valence-electron chi connectivity index (χ3n) is 4.74. The van der Waals surface area contributed by atoms with Crippen molar-refractivity contribution in [2.45, 2.75) is 57.2 Å². The Morgan fingerprint density at radius 3 is 2.75 bits per heavy atom. The number of cyclic esters (lactones) is 1. The smallest absolute Gasteiger partial charge is 0.306 e. The first-order valence-corrected chi connectivity index (χ1v) is 6.60. The van der Waals surface area contributed by atoms with Crippen LogP contribution in [0.5, 0.6) is 0 Å². The second-order valence-corrected chi connectivity index (χ2v) is 5.79. The Morgan fingerprint density at radius 1 is 1.25 bits per heavy atom. The highest BCUT2D eigenvalue weighted by Gasteiger charge is 2.45. The molecule has 0 spiro atoms. The molecule has 3 heteroatoms. The van der Waals surface area contributed by atoms with Crippen molar-refractivity contribution in [3.05, 3.63) is 0 Å². The molecule has 1 heterocycles. The van der Waals surface area contributed by atoms with Crippen molar-refractivity contribution in [3.8, 4) is 0 Å². The minimum atomic E-state index is -0.0464. The Balaban J connectivity index is 1.47. The third kappa shape index (κ3) is 1.86. The molecule has 2 bridgehead atoms. The zero-order valence-electron chi connectivity index (χ0n) is 9.60. The molecule has 0 aromatic rings. The molecule has 90 valence electrons. The predicted molar refractivity (Wildman–Crippen MR) is 58.7 cm³/mol. The summed E-state index contributed by atoms with van der Waals surface area (Å²) in [4.78, 5) is 11.0. The van der Waals surface area contributed by atoms with Gasteiger partial charge in [-0.3, -0.25) is 4.79 Å². The van der Waals surface area contributed by atoms with E-state index in [0.717, 1.165) is 31.6 Å². The molecule has 0 amide bonds. The van der Waals surface area contributed by atoms with Crippen LogP contribution in [-0.4, -0.2) is 23.3 Å². The Hall–Kier alpha value is -0.570. The number of fused-ring (bicyclic) bond motifs is 2. The summed E-state index contributed by atoms with van der Waals surface area (Å²) >= 11 is 0. The first-order chi connectivity index (χ1) is 7.72. The number of ether oxygens (including phenoxy) is 1. The second-order valence-electron chi connectivity index (χ2n) is 5.79. The minimum absolute atomic E-state index is 0.0297. The summed E-state index contributed by atoms with van der Waals surface area (Å²) in [5.74, 6) is 1.98. The van der Waals surface area contributed by atoms with Gasteiger partial charge in [-0.05, 0) is 56.3 Å². The molecule has 3 nitrogen and oxygen atoms in total. The molecule has 0 radical (unpaired) electrons. The third-order valence-corrected chi connectivity index (χ3v) is 4.74. The minimum Gasteiger partial charge on any atom is -0.462 e. The molecular weight excluding hydrogens is 204 g/mol. The van der Waals surface area contributed by atoms with Crippen LogP contribution in [-0.2, 0) is 9.53 Å². The highest BCUT2D eigenvalue weighted by molar-refractivity contribution is 5.71. The molecule has 1 aliphatic heterocycles. The van der Waals surface area contributed by atoms with Gasteiger partial charge in [0.2, 0.25) is 0 Å². The topological polar surface area (TPSA) is 46.5 Å². The van der Waals surface area contributed by atoms with Crippen LogP contribution in [0.2, 0.25) is 0 Å². The maximum absolute atomic E-state index is 11.0. The molecule has 0 aromatic carbocycles. The van der Waals surface area contributed by atoms with E-state index >= 15 is 0 Å². The summed E-state index contributed by atoms with van der Waals surface area (Å²) in [5, 5.41) is 9.84. The van der Waals surface area contributed by atoms with Crippen molar-refractivity contribution in [1.29, 1.82) is 0 Å². The van der Waals surface area contributed by atoms with Crippen LogP contribution < -0.4 is 0 Å². The average Bonchev–Trinajstić information content (AvgIpc) is 2.89. The second kappa shape index (κ2) is 4.02. The zero-order valence-corrected chi connectivity index (χ0v) is 9.60. The monoisotopic (exact) mass is 224 g/mol. The van der Waals surface area contributed by atoms with Gasteiger partial charge in [0.05, 0.1) is 6.10 Å². The largest absolute Gasteiger partial charge is 0.462 e. The van der Waals surface area contributed by atoms with E-state index in [1.165, 1.54) is 12.8 Å². The molecule has 3 aliphatic rings. The predicted octanol–water partition coefficient (Wildman–Crippen LogP) is 1.88. The zero-order chi connectivity index (χ0) is 11.1. The fourth-order valence-corrected chi connectivity index (χ4v) is 3.97. The molecule has 0 aromatic heterocycles. The summed E-state index contributed by atoms with van der Waals surface area (Å²) in [6, 6.07) is 0. The van der Waals surface area contributed by atoms with E-state index in [0.29, 0.717) is 18.3 Å². The molecule has 2 saturated carbocycles. The SMILES string of the molecule is O=C1CCC(CCC2CC3CC(O)C2C3)O1. The lowest BCUT2D eigenvalue weighted by atomic mass is 9.83. The van der Waals surface area contributed by atoms with E-state index in [2.05, 4.69) is 0 Å². The van der Waals surface area contributed by atoms with Crippen LogP contribution in [0.25, 0.3) is 0 Å². The van der Waals surface area contributed by atoms with Gasteiger partial charge in [-0.1, -0.05) is 0 Å². The fourth-order valence-electron chi connectivity index (χ4n) is 3.97. The summed E-state index contributed by atoms with van der Waals surface area (Å²) in [7, 11) is 0. The maximum Gasteiger partial charge on any atom is 0.306 e. The lowest BCUT2D eigenvalue weighted by molar-refractivity contribution is -0.141. The Bertz CT molecular complexity index is 289. The van der Waals surface area contributed by atoms with E-state index in [-0.39, 0.29) is 18.2 Å². The molecule has 1 saturated heterocycles. The number of esters is 1. The van der Waals surface area contributed by atoms with E-state index in [9.17, 15) is 9.90 Å². The normalized spacial score (nSPS) is 46.3. The van der Waals surface area contributed by atoms with Crippen LogP contribution >= 0.6 is 0 Å². The number of aliphatic hydroxyl groups is 1. The van der Waals surface area contributed by atoms with Gasteiger partial charge in [0.25, 0.3) is 0 Å². The highest BCUT2D eigenvalue weighted by Crippen LogP contribution is 2.50. The van der Waals surface area contributed by atoms with Crippen molar-refractivity contribution in [3.63, 3.8) is 0 Å². The van der Waals surface area contributed by atoms with Crippen molar-refractivity contribution in [1.82, 2.24) is 0 Å². The molecule has 3 fully saturated rings. The van der Waals surface area contributed by atoms with Crippen molar-refractivity contribution < 1.29 is 14.6 Å². The first kappa shape index (κ1) is 10.6. The molecule has 16 heavy (non-hydrogen) atoms. The number of hydrogen-bond acceptors (Lipinski definition) is 3. The quantitative estimate of drug-likeness (QED) is 0.744. The fraction of sp³-hybridized carbons (Fsp3) is 0.923. The van der Waals surface area contributed by atoms with Gasteiger partial charge in [0.15, 0.2) is 0 Å². The van der Waals surface area contributed by atoms with Crippen LogP contribution in [0.3, 0.4) is 0 Å². The highest BCUT2D eigenvalue weighted by atomic mass is 16.5. The van der Waals surface area contributed by atoms with Gasteiger partial charge < -0.3 is 9.84 Å². The molecule has 2 aliphatic carbocycles. The van der Waals surface area contributed by atoms with Crippen molar-refractivity contribution in [2.75, 3.05) is 0 Å². The molecule has 5 atom stereocenters. The number of aliphatic hydroxyl groups excluding tert-OH is 1. The number of carbonyl (C=O) groups excluding carboxylic acids is 1. The summed E-state index contributed by atoms with van der Waals surface area (Å²) in [6.45, 7) is 0. The van der Waals surface area contributed by atoms with Gasteiger partial charge in [-0.25, -0.2) is 0 Å². The molecule has 1 N–H and O–H groups in total.